The van der Waals surface area contributed by atoms with Gasteiger partial charge in [-0.1, -0.05) is 6.07 Å². The van der Waals surface area contributed by atoms with Gasteiger partial charge in [0.15, 0.2) is 11.5 Å². The maximum atomic E-state index is 12.3. The van der Waals surface area contributed by atoms with E-state index in [4.69, 9.17) is 4.74 Å². The molecule has 1 aliphatic rings. The Balaban J connectivity index is 1.63. The van der Waals surface area contributed by atoms with E-state index in [0.717, 1.165) is 46.7 Å². The first-order valence-electron chi connectivity index (χ1n) is 9.14. The number of hydrogen-bond donors (Lipinski definition) is 2. The van der Waals surface area contributed by atoms with Crippen LogP contribution in [-0.2, 0) is 4.74 Å². The predicted molar refractivity (Wildman–Crippen MR) is 104 cm³/mol. The van der Waals surface area contributed by atoms with Crippen molar-refractivity contribution >= 4 is 17.4 Å². The second-order valence-corrected chi connectivity index (χ2v) is 6.81. The van der Waals surface area contributed by atoms with Crippen LogP contribution in [0.5, 0.6) is 0 Å². The van der Waals surface area contributed by atoms with Crippen molar-refractivity contribution in [3.63, 3.8) is 0 Å². The van der Waals surface area contributed by atoms with Crippen molar-refractivity contribution in [1.82, 2.24) is 19.7 Å². The Labute approximate surface area is 157 Å². The van der Waals surface area contributed by atoms with E-state index in [1.54, 1.807) is 13.3 Å². The second kappa shape index (κ2) is 7.36. The summed E-state index contributed by atoms with van der Waals surface area (Å²) in [6.07, 6.45) is 7.63. The topological polar surface area (TPSA) is 80.5 Å². The van der Waals surface area contributed by atoms with Crippen LogP contribution in [0.3, 0.4) is 0 Å². The van der Waals surface area contributed by atoms with Crippen LogP contribution in [0.1, 0.15) is 28.8 Å². The molecule has 2 aromatic heterocycles. The van der Waals surface area contributed by atoms with Gasteiger partial charge in [-0.2, -0.15) is 0 Å². The summed E-state index contributed by atoms with van der Waals surface area (Å²) in [4.78, 5) is 21.2. The first-order valence-corrected chi connectivity index (χ1v) is 9.14. The summed E-state index contributed by atoms with van der Waals surface area (Å²) in [7, 11) is 1.67. The van der Waals surface area contributed by atoms with Gasteiger partial charge in [0.1, 0.15) is 0 Å². The maximum Gasteiger partial charge on any atom is 0.251 e. The molecule has 0 radical (unpaired) electrons. The monoisotopic (exact) mass is 365 g/mol. The fraction of sp³-hybridized carbons (Fsp3) is 0.350. The van der Waals surface area contributed by atoms with E-state index < -0.39 is 0 Å². The normalized spacial score (nSPS) is 13.7. The number of aromatic nitrogens is 3. The van der Waals surface area contributed by atoms with Gasteiger partial charge in [-0.3, -0.25) is 9.20 Å². The average molecular weight is 365 g/mol. The SMILES string of the molecule is COCCNc1nccn2c(-c3ccc(C(=O)NC4CC4)c(C)c3)cnc12. The Hall–Kier alpha value is -2.93. The molecular weight excluding hydrogens is 342 g/mol. The molecule has 1 fully saturated rings. The maximum absolute atomic E-state index is 12.3. The van der Waals surface area contributed by atoms with E-state index in [9.17, 15) is 4.79 Å². The van der Waals surface area contributed by atoms with Crippen molar-refractivity contribution in [3.05, 3.63) is 47.9 Å². The van der Waals surface area contributed by atoms with Gasteiger partial charge >= 0.3 is 0 Å². The fourth-order valence-corrected chi connectivity index (χ4v) is 3.10. The Morgan fingerprint density at radius 2 is 2.19 bits per heavy atom. The molecule has 7 heteroatoms. The molecule has 0 unspecified atom stereocenters. The third-order valence-corrected chi connectivity index (χ3v) is 4.71. The number of benzene rings is 1. The third-order valence-electron chi connectivity index (χ3n) is 4.71. The smallest absolute Gasteiger partial charge is 0.251 e. The van der Waals surface area contributed by atoms with Crippen molar-refractivity contribution in [1.29, 1.82) is 0 Å². The highest BCUT2D eigenvalue weighted by Gasteiger charge is 2.24. The molecule has 1 aliphatic carbocycles. The minimum atomic E-state index is 0.00789. The van der Waals surface area contributed by atoms with Crippen molar-refractivity contribution < 1.29 is 9.53 Å². The number of methoxy groups -OCH3 is 1. The number of nitrogens with one attached hydrogen (secondary N) is 2. The first-order chi connectivity index (χ1) is 13.2. The van der Waals surface area contributed by atoms with Gasteiger partial charge in [-0.05, 0) is 37.5 Å². The zero-order chi connectivity index (χ0) is 18.8. The van der Waals surface area contributed by atoms with Crippen LogP contribution in [0, 0.1) is 6.92 Å². The Morgan fingerprint density at radius 3 is 2.93 bits per heavy atom. The summed E-state index contributed by atoms with van der Waals surface area (Å²) in [5.41, 5.74) is 4.41. The lowest BCUT2D eigenvalue weighted by Crippen LogP contribution is -2.26. The largest absolute Gasteiger partial charge is 0.383 e. The van der Waals surface area contributed by atoms with Gasteiger partial charge in [-0.15, -0.1) is 0 Å². The molecule has 27 heavy (non-hydrogen) atoms. The van der Waals surface area contributed by atoms with E-state index in [1.165, 1.54) is 0 Å². The minimum absolute atomic E-state index is 0.00789. The fourth-order valence-electron chi connectivity index (χ4n) is 3.10. The number of amides is 1. The summed E-state index contributed by atoms with van der Waals surface area (Å²) >= 11 is 0. The molecule has 0 atom stereocenters. The summed E-state index contributed by atoms with van der Waals surface area (Å²) in [5.74, 6) is 0.728. The number of anilines is 1. The second-order valence-electron chi connectivity index (χ2n) is 6.81. The molecule has 2 N–H and O–H groups in total. The number of aryl methyl sites for hydroxylation is 1. The molecule has 1 aromatic carbocycles. The van der Waals surface area contributed by atoms with Crippen LogP contribution in [0.15, 0.2) is 36.8 Å². The molecule has 0 saturated heterocycles. The van der Waals surface area contributed by atoms with Gasteiger partial charge in [0, 0.05) is 43.2 Å². The van der Waals surface area contributed by atoms with Crippen LogP contribution in [0.2, 0.25) is 0 Å². The van der Waals surface area contributed by atoms with Gasteiger partial charge < -0.3 is 15.4 Å². The quantitative estimate of drug-likeness (QED) is 0.629. The number of carbonyl (C=O) groups excluding carboxylic acids is 1. The summed E-state index contributed by atoms with van der Waals surface area (Å²) in [5, 5.41) is 6.28. The number of ether oxygens (including phenoxy) is 1. The van der Waals surface area contributed by atoms with Crippen molar-refractivity contribution in [2.24, 2.45) is 0 Å². The van der Waals surface area contributed by atoms with Crippen molar-refractivity contribution in [3.8, 4) is 11.3 Å². The molecule has 4 rings (SSSR count). The minimum Gasteiger partial charge on any atom is -0.383 e. The van der Waals surface area contributed by atoms with Crippen LogP contribution in [-0.4, -0.2) is 46.6 Å². The lowest BCUT2D eigenvalue weighted by atomic mass is 10.0. The van der Waals surface area contributed by atoms with Crippen LogP contribution >= 0.6 is 0 Å². The van der Waals surface area contributed by atoms with Crippen LogP contribution < -0.4 is 10.6 Å². The first kappa shape index (κ1) is 17.5. The molecule has 0 aliphatic heterocycles. The van der Waals surface area contributed by atoms with Gasteiger partial charge in [0.25, 0.3) is 5.91 Å². The summed E-state index contributed by atoms with van der Waals surface area (Å²) in [6, 6.07) is 6.24. The van der Waals surface area contributed by atoms with E-state index >= 15 is 0 Å². The summed E-state index contributed by atoms with van der Waals surface area (Å²) in [6.45, 7) is 3.23. The molecule has 1 amide bonds. The molecule has 1 saturated carbocycles. The number of carbonyl (C=O) groups is 1. The molecule has 140 valence electrons. The van der Waals surface area contributed by atoms with E-state index in [0.29, 0.717) is 19.2 Å². The molecule has 0 spiro atoms. The van der Waals surface area contributed by atoms with Crippen molar-refractivity contribution in [2.75, 3.05) is 25.6 Å². The number of rotatable bonds is 7. The highest BCUT2D eigenvalue weighted by molar-refractivity contribution is 5.96. The van der Waals surface area contributed by atoms with Gasteiger partial charge in [0.2, 0.25) is 0 Å². The average Bonchev–Trinajstić information content (AvgIpc) is 3.37. The standard InChI is InChI=1S/C20H23N5O2/c1-13-11-14(3-6-16(13)20(26)24-15-4-5-15)17-12-23-19-18(22-8-10-27-2)21-7-9-25(17)19/h3,6-7,9,11-12,15H,4-5,8,10H2,1-2H3,(H,21,22)(H,24,26). The van der Waals surface area contributed by atoms with Crippen LogP contribution in [0.25, 0.3) is 16.9 Å². The number of imidazole rings is 1. The third kappa shape index (κ3) is 3.64. The number of hydrogen-bond acceptors (Lipinski definition) is 5. The van der Waals surface area contributed by atoms with Gasteiger partial charge in [0.05, 0.1) is 18.5 Å². The molecule has 0 bridgehead atoms. The lowest BCUT2D eigenvalue weighted by molar-refractivity contribution is 0.0950. The van der Waals surface area contributed by atoms with Crippen molar-refractivity contribution in [2.45, 2.75) is 25.8 Å². The van der Waals surface area contributed by atoms with Gasteiger partial charge in [-0.25, -0.2) is 9.97 Å². The molecule has 2 heterocycles. The highest BCUT2D eigenvalue weighted by Crippen LogP contribution is 2.26. The summed E-state index contributed by atoms with van der Waals surface area (Å²) < 4.78 is 7.07. The Bertz CT molecular complexity index is 978. The highest BCUT2D eigenvalue weighted by atomic mass is 16.5. The zero-order valence-corrected chi connectivity index (χ0v) is 15.5. The predicted octanol–water partition coefficient (Wildman–Crippen LogP) is 2.66. The lowest BCUT2D eigenvalue weighted by Gasteiger charge is -2.10. The van der Waals surface area contributed by atoms with E-state index in [1.807, 2.05) is 41.9 Å². The Kier molecular flexibility index (Phi) is 4.77. The number of nitrogens with zero attached hydrogens (tertiary/aromatic N) is 3. The van der Waals surface area contributed by atoms with E-state index in [-0.39, 0.29) is 5.91 Å². The number of fused-ring (bicyclic) bond motifs is 1. The van der Waals surface area contributed by atoms with Crippen LogP contribution in [0.4, 0.5) is 5.82 Å². The molecule has 3 aromatic rings. The zero-order valence-electron chi connectivity index (χ0n) is 15.5. The molecule has 7 nitrogen and oxygen atoms in total. The Morgan fingerprint density at radius 1 is 1.33 bits per heavy atom. The van der Waals surface area contributed by atoms with E-state index in [2.05, 4.69) is 20.6 Å². The molecular formula is C20H23N5O2.